The van der Waals surface area contributed by atoms with E-state index in [1.165, 1.54) is 36.5 Å². The van der Waals surface area contributed by atoms with Gasteiger partial charge in [-0.25, -0.2) is 0 Å². The summed E-state index contributed by atoms with van der Waals surface area (Å²) in [7, 11) is 0. The summed E-state index contributed by atoms with van der Waals surface area (Å²) in [5, 5.41) is 0. The Morgan fingerprint density at radius 3 is 1.83 bits per heavy atom. The second-order valence-corrected chi connectivity index (χ2v) is 11.6. The molecule has 0 aromatic carbocycles. The van der Waals surface area contributed by atoms with Crippen LogP contribution in [0.1, 0.15) is 38.5 Å². The monoisotopic (exact) mass is 467 g/mol. The SMILES string of the molecule is BrC(Br)(Br)CCCCCC[CH2][Sn]. The molecule has 0 spiro atoms. The van der Waals surface area contributed by atoms with E-state index in [9.17, 15) is 0 Å². The van der Waals surface area contributed by atoms with Crippen LogP contribution in [-0.4, -0.2) is 24.7 Å². The zero-order valence-electron chi connectivity index (χ0n) is 7.08. The van der Waals surface area contributed by atoms with Crippen molar-refractivity contribution in [1.29, 1.82) is 0 Å². The molecule has 0 heterocycles. The van der Waals surface area contributed by atoms with Crippen molar-refractivity contribution in [2.24, 2.45) is 0 Å². The fourth-order valence-corrected chi connectivity index (χ4v) is 2.54. The third kappa shape index (κ3) is 12.2. The average molecular weight is 469 g/mol. The third-order valence-electron chi connectivity index (χ3n) is 1.64. The molecule has 0 saturated carbocycles. The number of alkyl halides is 3. The van der Waals surface area contributed by atoms with E-state index < -0.39 is 0 Å². The molecule has 0 amide bonds. The summed E-state index contributed by atoms with van der Waals surface area (Å²) >= 11 is 12.2. The first-order valence-corrected chi connectivity index (χ1v) is 8.67. The molecule has 0 nitrogen and oxygen atoms in total. The topological polar surface area (TPSA) is 0 Å². The van der Waals surface area contributed by atoms with E-state index in [1.54, 1.807) is 22.5 Å². The van der Waals surface area contributed by atoms with Crippen molar-refractivity contribution in [2.45, 2.75) is 45.1 Å². The molecule has 0 aliphatic heterocycles. The molecule has 0 aromatic heterocycles. The summed E-state index contributed by atoms with van der Waals surface area (Å²) < 4.78 is 1.41. The van der Waals surface area contributed by atoms with E-state index in [4.69, 9.17) is 0 Å². The van der Waals surface area contributed by atoms with Gasteiger partial charge in [-0.1, -0.05) is 0 Å². The Morgan fingerprint density at radius 1 is 0.833 bits per heavy atom. The van der Waals surface area contributed by atoms with Crippen LogP contribution in [-0.2, 0) is 0 Å². The predicted molar refractivity (Wildman–Crippen MR) is 67.8 cm³/mol. The summed E-state index contributed by atoms with van der Waals surface area (Å²) in [5.74, 6) is 0. The molecule has 0 fully saturated rings. The van der Waals surface area contributed by atoms with Crippen LogP contribution in [0.15, 0.2) is 0 Å². The van der Waals surface area contributed by atoms with Gasteiger partial charge in [0.1, 0.15) is 0 Å². The number of rotatable bonds is 6. The van der Waals surface area contributed by atoms with Crippen molar-refractivity contribution < 1.29 is 0 Å². The fourth-order valence-electron chi connectivity index (χ4n) is 0.981. The zero-order chi connectivity index (χ0) is 9.45. The van der Waals surface area contributed by atoms with Crippen LogP contribution in [0.2, 0.25) is 4.44 Å². The van der Waals surface area contributed by atoms with Gasteiger partial charge >= 0.3 is 115 Å². The summed E-state index contributed by atoms with van der Waals surface area (Å²) in [6.07, 6.45) is 8.05. The van der Waals surface area contributed by atoms with Gasteiger partial charge in [-0.3, -0.25) is 0 Å². The third-order valence-corrected chi connectivity index (χ3v) is 3.84. The van der Waals surface area contributed by atoms with E-state index in [1.807, 2.05) is 0 Å². The summed E-state index contributed by atoms with van der Waals surface area (Å²) in [6, 6.07) is 0. The van der Waals surface area contributed by atoms with E-state index in [0.717, 1.165) is 6.42 Å². The van der Waals surface area contributed by atoms with Crippen LogP contribution in [0, 0.1) is 0 Å². The fraction of sp³-hybridized carbons (Fsp3) is 1.00. The number of hydrogen-bond acceptors (Lipinski definition) is 0. The second kappa shape index (κ2) is 8.54. The molecular formula is C8H14Br3Sn. The van der Waals surface area contributed by atoms with Gasteiger partial charge in [0.15, 0.2) is 0 Å². The number of unbranched alkanes of at least 4 members (excludes halogenated alkanes) is 4. The Labute approximate surface area is 114 Å². The Hall–Kier alpha value is 2.24. The van der Waals surface area contributed by atoms with Crippen molar-refractivity contribution in [3.05, 3.63) is 0 Å². The normalized spacial score (nSPS) is 12.0. The van der Waals surface area contributed by atoms with Crippen LogP contribution < -0.4 is 0 Å². The Morgan fingerprint density at radius 2 is 1.33 bits per heavy atom. The summed E-state index contributed by atoms with van der Waals surface area (Å²) in [5.41, 5.74) is 0. The molecule has 12 heavy (non-hydrogen) atoms. The van der Waals surface area contributed by atoms with E-state index >= 15 is 0 Å². The van der Waals surface area contributed by atoms with Crippen LogP contribution in [0.4, 0.5) is 0 Å². The molecule has 3 radical (unpaired) electrons. The Bertz CT molecular complexity index is 101. The Balaban J connectivity index is 3.01. The standard InChI is InChI=1S/C8H14Br3.Sn/c1-2-3-4-5-6-7-8(9,10)11;/h1-7H2;. The van der Waals surface area contributed by atoms with Gasteiger partial charge < -0.3 is 0 Å². The van der Waals surface area contributed by atoms with Gasteiger partial charge in [0, 0.05) is 0 Å². The van der Waals surface area contributed by atoms with Crippen molar-refractivity contribution >= 4 is 70.3 Å². The molecular weight excluding hydrogens is 455 g/mol. The van der Waals surface area contributed by atoms with Gasteiger partial charge in [0.25, 0.3) is 0 Å². The van der Waals surface area contributed by atoms with Crippen molar-refractivity contribution in [3.63, 3.8) is 0 Å². The van der Waals surface area contributed by atoms with Crippen molar-refractivity contribution in [3.8, 4) is 0 Å². The zero-order valence-corrected chi connectivity index (χ0v) is 14.7. The van der Waals surface area contributed by atoms with Crippen LogP contribution in [0.3, 0.4) is 0 Å². The minimum atomic E-state index is -0.0117. The van der Waals surface area contributed by atoms with Crippen LogP contribution in [0.5, 0.6) is 0 Å². The predicted octanol–water partition coefficient (Wildman–Crippen LogP) is 4.75. The molecule has 0 atom stereocenters. The van der Waals surface area contributed by atoms with E-state index in [2.05, 4.69) is 47.8 Å². The number of hydrogen-bond donors (Lipinski definition) is 0. The molecule has 0 bridgehead atoms. The maximum atomic E-state index is 3.50. The molecule has 0 aromatic rings. The van der Waals surface area contributed by atoms with Gasteiger partial charge in [-0.05, 0) is 0 Å². The molecule has 71 valence electrons. The average Bonchev–Trinajstić information content (AvgIpc) is 1.94. The van der Waals surface area contributed by atoms with Gasteiger partial charge in [-0.2, -0.15) is 0 Å². The quantitative estimate of drug-likeness (QED) is 0.300. The van der Waals surface area contributed by atoms with Gasteiger partial charge in [-0.15, -0.1) is 0 Å². The van der Waals surface area contributed by atoms with Gasteiger partial charge in [0.2, 0.25) is 0 Å². The van der Waals surface area contributed by atoms with E-state index in [0.29, 0.717) is 0 Å². The van der Waals surface area contributed by atoms with Crippen LogP contribution in [0.25, 0.3) is 0 Å². The van der Waals surface area contributed by atoms with Crippen molar-refractivity contribution in [1.82, 2.24) is 0 Å². The molecule has 0 N–H and O–H groups in total. The molecule has 4 heteroatoms. The van der Waals surface area contributed by atoms with Crippen LogP contribution >= 0.6 is 47.8 Å². The second-order valence-electron chi connectivity index (χ2n) is 2.88. The van der Waals surface area contributed by atoms with Gasteiger partial charge in [0.05, 0.1) is 0 Å². The maximum absolute atomic E-state index is 3.50. The Kier molecular flexibility index (Phi) is 10.1. The molecule has 0 aliphatic carbocycles. The summed E-state index contributed by atoms with van der Waals surface area (Å²) in [6.45, 7) is 0. The van der Waals surface area contributed by atoms with Crippen molar-refractivity contribution in [2.75, 3.05) is 0 Å². The molecule has 0 unspecified atom stereocenters. The molecule has 0 rings (SSSR count). The van der Waals surface area contributed by atoms with E-state index in [-0.39, 0.29) is 2.14 Å². The first-order chi connectivity index (χ1) is 5.56. The first kappa shape index (κ1) is 14.2. The summed E-state index contributed by atoms with van der Waals surface area (Å²) in [4.78, 5) is 0. The molecule has 0 aliphatic rings. The first-order valence-electron chi connectivity index (χ1n) is 4.27. The minimum absolute atomic E-state index is 0.0117. The number of halogens is 3. The molecule has 0 saturated heterocycles.